The van der Waals surface area contributed by atoms with Gasteiger partial charge in [0.1, 0.15) is 18.2 Å². The number of hydrogen-bond acceptors (Lipinski definition) is 4. The maximum Gasteiger partial charge on any atom is 0.224 e. The molecular weight excluding hydrogens is 441 g/mol. The number of hydrogen-bond donors (Lipinski definition) is 1. The lowest BCUT2D eigenvalue weighted by atomic mass is 9.94. The van der Waals surface area contributed by atoms with E-state index in [2.05, 4.69) is 15.2 Å². The number of carbonyl (C=O) groups is 1. The number of pyridine rings is 1. The first kappa shape index (κ1) is 23.2. The summed E-state index contributed by atoms with van der Waals surface area (Å²) in [6.45, 7) is 2.97. The maximum absolute atomic E-state index is 13.1. The van der Waals surface area contributed by atoms with Gasteiger partial charge in [0.05, 0.1) is 11.7 Å². The molecule has 4 rings (SSSR count). The number of nitrogens with one attached hydrogen (secondary N) is 1. The number of halogens is 2. The number of carbonyl (C=O) groups excluding carboxylic acids is 1. The number of aromatic nitrogens is 1. The highest BCUT2D eigenvalue weighted by Gasteiger charge is 2.27. The van der Waals surface area contributed by atoms with Gasteiger partial charge in [-0.2, -0.15) is 0 Å². The third-order valence-corrected chi connectivity index (χ3v) is 6.17. The Morgan fingerprint density at radius 1 is 1.09 bits per heavy atom. The van der Waals surface area contributed by atoms with Crippen molar-refractivity contribution in [1.29, 1.82) is 0 Å². The first-order chi connectivity index (χ1) is 16.1. The summed E-state index contributed by atoms with van der Waals surface area (Å²) < 4.78 is 18.7. The minimum atomic E-state index is -0.321. The van der Waals surface area contributed by atoms with E-state index in [4.69, 9.17) is 16.3 Å². The minimum absolute atomic E-state index is 0.0437. The lowest BCUT2D eigenvalue weighted by Crippen LogP contribution is -2.42. The van der Waals surface area contributed by atoms with E-state index in [1.807, 2.05) is 42.5 Å². The van der Waals surface area contributed by atoms with E-state index in [-0.39, 0.29) is 23.7 Å². The Morgan fingerprint density at radius 2 is 1.82 bits per heavy atom. The van der Waals surface area contributed by atoms with Crippen LogP contribution in [0.4, 0.5) is 4.39 Å². The summed E-state index contributed by atoms with van der Waals surface area (Å²) in [5.41, 5.74) is 1.74. The molecule has 1 fully saturated rings. The number of nitrogens with zero attached hydrogens (tertiary/aromatic N) is 2. The van der Waals surface area contributed by atoms with Crippen LogP contribution in [0.15, 0.2) is 72.9 Å². The second-order valence-electron chi connectivity index (χ2n) is 8.17. The molecule has 1 aromatic heterocycles. The van der Waals surface area contributed by atoms with Gasteiger partial charge >= 0.3 is 0 Å². The van der Waals surface area contributed by atoms with E-state index in [0.29, 0.717) is 17.4 Å². The quantitative estimate of drug-likeness (QED) is 0.513. The number of likely N-dealkylation sites (tertiary alicyclic amines) is 1. The molecule has 0 aliphatic carbocycles. The molecule has 2 heterocycles. The Balaban J connectivity index is 1.29. The molecule has 0 unspecified atom stereocenters. The van der Waals surface area contributed by atoms with Crippen molar-refractivity contribution < 1.29 is 13.9 Å². The highest BCUT2D eigenvalue weighted by Crippen LogP contribution is 2.25. The van der Waals surface area contributed by atoms with E-state index < -0.39 is 0 Å². The lowest BCUT2D eigenvalue weighted by Gasteiger charge is -2.32. The fraction of sp³-hybridized carbons (Fsp3) is 0.308. The Kier molecular flexibility index (Phi) is 7.92. The maximum atomic E-state index is 13.1. The van der Waals surface area contributed by atoms with Gasteiger partial charge in [0.25, 0.3) is 0 Å². The molecule has 0 bridgehead atoms. The molecule has 1 amide bonds. The van der Waals surface area contributed by atoms with Crippen LogP contribution in [-0.4, -0.2) is 42.0 Å². The van der Waals surface area contributed by atoms with Crippen LogP contribution in [0, 0.1) is 11.7 Å². The van der Waals surface area contributed by atoms with Crippen molar-refractivity contribution in [1.82, 2.24) is 15.2 Å². The predicted molar refractivity (Wildman–Crippen MR) is 127 cm³/mol. The molecule has 1 saturated heterocycles. The molecule has 7 heteroatoms. The van der Waals surface area contributed by atoms with Gasteiger partial charge in [-0.25, -0.2) is 4.39 Å². The molecule has 0 spiro atoms. The van der Waals surface area contributed by atoms with Crippen LogP contribution in [0.2, 0.25) is 5.02 Å². The molecule has 3 aromatic rings. The Hall–Kier alpha value is -2.96. The molecule has 172 valence electrons. The second-order valence-corrected chi connectivity index (χ2v) is 8.60. The van der Waals surface area contributed by atoms with E-state index in [0.717, 1.165) is 43.7 Å². The summed E-state index contributed by atoms with van der Waals surface area (Å²) in [6, 6.07) is 18.9. The molecule has 1 atom stereocenters. The fourth-order valence-corrected chi connectivity index (χ4v) is 4.16. The van der Waals surface area contributed by atoms with Crippen LogP contribution < -0.4 is 10.1 Å². The van der Waals surface area contributed by atoms with E-state index in [9.17, 15) is 9.18 Å². The van der Waals surface area contributed by atoms with Crippen molar-refractivity contribution in [3.63, 3.8) is 0 Å². The van der Waals surface area contributed by atoms with Gasteiger partial charge in [0.15, 0.2) is 0 Å². The van der Waals surface area contributed by atoms with Crippen LogP contribution in [0.25, 0.3) is 0 Å². The van der Waals surface area contributed by atoms with Crippen molar-refractivity contribution in [2.45, 2.75) is 18.9 Å². The molecular formula is C26H27ClFN3O2. The molecule has 2 aromatic carbocycles. The van der Waals surface area contributed by atoms with Gasteiger partial charge in [-0.15, -0.1) is 0 Å². The normalized spacial score (nSPS) is 15.7. The molecule has 0 radical (unpaired) electrons. The molecule has 33 heavy (non-hydrogen) atoms. The zero-order valence-electron chi connectivity index (χ0n) is 18.3. The lowest BCUT2D eigenvalue weighted by molar-refractivity contribution is -0.127. The van der Waals surface area contributed by atoms with E-state index in [1.165, 1.54) is 12.1 Å². The van der Waals surface area contributed by atoms with Crippen molar-refractivity contribution in [2.75, 3.05) is 26.2 Å². The Labute approximate surface area is 198 Å². The van der Waals surface area contributed by atoms with Crippen molar-refractivity contribution in [3.8, 4) is 5.75 Å². The van der Waals surface area contributed by atoms with Gasteiger partial charge in [-0.3, -0.25) is 14.7 Å². The van der Waals surface area contributed by atoms with Gasteiger partial charge in [0.2, 0.25) is 5.91 Å². The number of piperidine rings is 1. The predicted octanol–water partition coefficient (Wildman–Crippen LogP) is 4.87. The van der Waals surface area contributed by atoms with Crippen LogP contribution in [-0.2, 0) is 4.79 Å². The molecule has 0 saturated carbocycles. The summed E-state index contributed by atoms with van der Waals surface area (Å²) in [7, 11) is 0. The molecule has 1 N–H and O–H groups in total. The molecule has 1 aliphatic heterocycles. The van der Waals surface area contributed by atoms with Crippen LogP contribution >= 0.6 is 11.6 Å². The Morgan fingerprint density at radius 3 is 2.48 bits per heavy atom. The first-order valence-electron chi connectivity index (χ1n) is 11.2. The zero-order valence-corrected chi connectivity index (χ0v) is 19.0. The molecule has 5 nitrogen and oxygen atoms in total. The van der Waals surface area contributed by atoms with E-state index >= 15 is 0 Å². The van der Waals surface area contributed by atoms with Crippen LogP contribution in [0.3, 0.4) is 0 Å². The zero-order chi connectivity index (χ0) is 23.0. The number of ether oxygens (including phenoxy) is 1. The smallest absolute Gasteiger partial charge is 0.224 e. The standard InChI is InChI=1S/C26H27ClFN3O2/c27-21-6-4-19(5-7-21)25(24-3-1-2-14-29-24)30-26(32)20-12-15-31(16-13-20)17-18-33-23-10-8-22(28)9-11-23/h1-11,14,20,25H,12-13,15-18H2,(H,30,32)/t25-/m1/s1. The monoisotopic (exact) mass is 467 g/mol. The van der Waals surface area contributed by atoms with Gasteiger partial charge in [0, 0.05) is 23.7 Å². The van der Waals surface area contributed by atoms with Crippen molar-refractivity contribution in [3.05, 3.63) is 95.0 Å². The summed E-state index contributed by atoms with van der Waals surface area (Å²) in [5.74, 6) is 0.387. The fourth-order valence-electron chi connectivity index (χ4n) is 4.03. The van der Waals surface area contributed by atoms with Crippen LogP contribution in [0.5, 0.6) is 5.75 Å². The average Bonchev–Trinajstić information content (AvgIpc) is 2.85. The van der Waals surface area contributed by atoms with Gasteiger partial charge < -0.3 is 10.1 Å². The highest BCUT2D eigenvalue weighted by atomic mass is 35.5. The molecule has 1 aliphatic rings. The van der Waals surface area contributed by atoms with Crippen molar-refractivity contribution >= 4 is 17.5 Å². The minimum Gasteiger partial charge on any atom is -0.492 e. The van der Waals surface area contributed by atoms with E-state index in [1.54, 1.807) is 18.3 Å². The van der Waals surface area contributed by atoms with Crippen LogP contribution in [0.1, 0.15) is 30.1 Å². The number of benzene rings is 2. The number of rotatable bonds is 8. The Bertz CT molecular complexity index is 1020. The average molecular weight is 468 g/mol. The second kappa shape index (κ2) is 11.3. The largest absolute Gasteiger partial charge is 0.492 e. The third-order valence-electron chi connectivity index (χ3n) is 5.92. The first-order valence-corrected chi connectivity index (χ1v) is 11.5. The highest BCUT2D eigenvalue weighted by molar-refractivity contribution is 6.30. The van der Waals surface area contributed by atoms with Gasteiger partial charge in [-0.05, 0) is 80.0 Å². The summed E-state index contributed by atoms with van der Waals surface area (Å²) in [6.07, 6.45) is 3.31. The summed E-state index contributed by atoms with van der Waals surface area (Å²) in [5, 5.41) is 3.86. The summed E-state index contributed by atoms with van der Waals surface area (Å²) in [4.78, 5) is 19.9. The van der Waals surface area contributed by atoms with Gasteiger partial charge in [-0.1, -0.05) is 29.8 Å². The van der Waals surface area contributed by atoms with Crippen molar-refractivity contribution in [2.24, 2.45) is 5.92 Å². The SMILES string of the molecule is O=C(N[C@H](c1ccc(Cl)cc1)c1ccccn1)C1CCN(CCOc2ccc(F)cc2)CC1. The summed E-state index contributed by atoms with van der Waals surface area (Å²) >= 11 is 6.05. The number of amides is 1. The third kappa shape index (κ3) is 6.53. The topological polar surface area (TPSA) is 54.5 Å².